The summed E-state index contributed by atoms with van der Waals surface area (Å²) in [6.45, 7) is 6.03. The number of rotatable bonds is 6. The van der Waals surface area contributed by atoms with Crippen LogP contribution in [-0.2, 0) is 6.61 Å². The first-order valence-electron chi connectivity index (χ1n) is 8.59. The molecular formula is C21H22N2O4. The van der Waals surface area contributed by atoms with E-state index in [4.69, 9.17) is 14.0 Å². The Morgan fingerprint density at radius 2 is 1.85 bits per heavy atom. The molecule has 1 amide bonds. The van der Waals surface area contributed by atoms with Crippen LogP contribution in [0.2, 0.25) is 0 Å². The number of hydrogen-bond donors (Lipinski definition) is 1. The maximum absolute atomic E-state index is 12.5. The number of hydrogen-bond acceptors (Lipinski definition) is 5. The van der Waals surface area contributed by atoms with Crippen LogP contribution < -0.4 is 14.8 Å². The summed E-state index contributed by atoms with van der Waals surface area (Å²) in [5.41, 5.74) is 3.88. The topological polar surface area (TPSA) is 73.6 Å². The monoisotopic (exact) mass is 366 g/mol. The number of methoxy groups -OCH3 is 1. The summed E-state index contributed by atoms with van der Waals surface area (Å²) >= 11 is 0. The molecule has 3 rings (SSSR count). The van der Waals surface area contributed by atoms with Crippen LogP contribution in [0.15, 0.2) is 47.0 Å². The van der Waals surface area contributed by atoms with Gasteiger partial charge in [-0.15, -0.1) is 0 Å². The first-order chi connectivity index (χ1) is 13.0. The summed E-state index contributed by atoms with van der Waals surface area (Å²) < 4.78 is 16.3. The van der Waals surface area contributed by atoms with Crippen molar-refractivity contribution in [2.45, 2.75) is 27.4 Å². The fraction of sp³-hybridized carbons (Fsp3) is 0.238. The summed E-state index contributed by atoms with van der Waals surface area (Å²) in [5.74, 6) is 1.86. The van der Waals surface area contributed by atoms with Crippen LogP contribution in [0.4, 0.5) is 5.69 Å². The number of nitrogens with zero attached hydrogens (tertiary/aromatic N) is 1. The summed E-state index contributed by atoms with van der Waals surface area (Å²) in [6.07, 6.45) is 0. The number of ether oxygens (including phenoxy) is 2. The predicted molar refractivity (Wildman–Crippen MR) is 102 cm³/mol. The van der Waals surface area contributed by atoms with Crippen LogP contribution in [0.1, 0.15) is 32.9 Å². The van der Waals surface area contributed by atoms with Crippen molar-refractivity contribution in [3.63, 3.8) is 0 Å². The number of amides is 1. The minimum atomic E-state index is -0.212. The van der Waals surface area contributed by atoms with Gasteiger partial charge in [-0.05, 0) is 56.7 Å². The van der Waals surface area contributed by atoms with Gasteiger partial charge in [-0.3, -0.25) is 4.79 Å². The van der Waals surface area contributed by atoms with Gasteiger partial charge in [0, 0.05) is 5.56 Å². The number of aromatic nitrogens is 1. The predicted octanol–water partition coefficient (Wildman–Crippen LogP) is 4.44. The third-order valence-corrected chi connectivity index (χ3v) is 4.35. The number of anilines is 1. The normalized spacial score (nSPS) is 10.5. The molecule has 1 N–H and O–H groups in total. The van der Waals surface area contributed by atoms with Crippen molar-refractivity contribution < 1.29 is 18.8 Å². The molecule has 1 aromatic heterocycles. The van der Waals surface area contributed by atoms with Crippen LogP contribution in [0, 0.1) is 20.8 Å². The van der Waals surface area contributed by atoms with Crippen molar-refractivity contribution in [2.75, 3.05) is 12.4 Å². The first-order valence-corrected chi connectivity index (χ1v) is 8.59. The SMILES string of the molecule is COc1c(C)cccc1NC(=O)c1ccc(OCc2c(C)noc2C)cc1. The summed E-state index contributed by atoms with van der Waals surface area (Å²) in [7, 11) is 1.59. The zero-order valence-electron chi connectivity index (χ0n) is 15.8. The molecule has 6 heteroatoms. The van der Waals surface area contributed by atoms with E-state index in [9.17, 15) is 4.79 Å². The molecule has 140 valence electrons. The van der Waals surface area contributed by atoms with Gasteiger partial charge in [-0.1, -0.05) is 17.3 Å². The lowest BCUT2D eigenvalue weighted by atomic mass is 10.1. The Bertz CT molecular complexity index is 926. The van der Waals surface area contributed by atoms with Gasteiger partial charge in [0.25, 0.3) is 5.91 Å². The van der Waals surface area contributed by atoms with E-state index in [0.29, 0.717) is 29.4 Å². The van der Waals surface area contributed by atoms with Crippen molar-refractivity contribution in [1.29, 1.82) is 0 Å². The van der Waals surface area contributed by atoms with Crippen LogP contribution in [0.5, 0.6) is 11.5 Å². The fourth-order valence-corrected chi connectivity index (χ4v) is 2.78. The smallest absolute Gasteiger partial charge is 0.255 e. The van der Waals surface area contributed by atoms with E-state index < -0.39 is 0 Å². The van der Waals surface area contributed by atoms with Crippen molar-refractivity contribution in [2.24, 2.45) is 0 Å². The van der Waals surface area contributed by atoms with Crippen LogP contribution in [0.25, 0.3) is 0 Å². The fourth-order valence-electron chi connectivity index (χ4n) is 2.78. The quantitative estimate of drug-likeness (QED) is 0.698. The Kier molecular flexibility index (Phi) is 5.45. The minimum Gasteiger partial charge on any atom is -0.494 e. The van der Waals surface area contributed by atoms with E-state index >= 15 is 0 Å². The molecule has 27 heavy (non-hydrogen) atoms. The zero-order valence-corrected chi connectivity index (χ0v) is 15.8. The van der Waals surface area contributed by atoms with Crippen LogP contribution in [0.3, 0.4) is 0 Å². The molecule has 0 saturated heterocycles. The highest BCUT2D eigenvalue weighted by Gasteiger charge is 2.12. The maximum atomic E-state index is 12.5. The van der Waals surface area contributed by atoms with Crippen LogP contribution >= 0.6 is 0 Å². The Morgan fingerprint density at radius 3 is 2.48 bits per heavy atom. The molecule has 0 aliphatic rings. The van der Waals surface area contributed by atoms with Gasteiger partial charge in [0.1, 0.15) is 23.9 Å². The summed E-state index contributed by atoms with van der Waals surface area (Å²) in [5, 5.41) is 6.79. The lowest BCUT2D eigenvalue weighted by Crippen LogP contribution is -2.13. The van der Waals surface area contributed by atoms with Crippen molar-refractivity contribution in [3.05, 3.63) is 70.6 Å². The van der Waals surface area contributed by atoms with E-state index in [1.165, 1.54) is 0 Å². The van der Waals surface area contributed by atoms with Gasteiger partial charge in [-0.2, -0.15) is 0 Å². The van der Waals surface area contributed by atoms with E-state index in [1.807, 2.05) is 39.0 Å². The molecule has 0 aliphatic heterocycles. The second-order valence-electron chi connectivity index (χ2n) is 6.23. The molecule has 2 aromatic carbocycles. The number of para-hydroxylation sites is 1. The largest absolute Gasteiger partial charge is 0.494 e. The van der Waals surface area contributed by atoms with E-state index in [0.717, 1.165) is 22.6 Å². The third-order valence-electron chi connectivity index (χ3n) is 4.35. The molecule has 0 aliphatic carbocycles. The summed E-state index contributed by atoms with van der Waals surface area (Å²) in [6, 6.07) is 12.6. The Balaban J connectivity index is 1.66. The Morgan fingerprint density at radius 1 is 1.11 bits per heavy atom. The lowest BCUT2D eigenvalue weighted by molar-refractivity contribution is 0.102. The van der Waals surface area contributed by atoms with Gasteiger partial charge in [0.2, 0.25) is 0 Å². The molecule has 0 bridgehead atoms. The molecule has 1 heterocycles. The van der Waals surface area contributed by atoms with Gasteiger partial charge in [-0.25, -0.2) is 0 Å². The summed E-state index contributed by atoms with van der Waals surface area (Å²) in [4.78, 5) is 12.5. The second-order valence-corrected chi connectivity index (χ2v) is 6.23. The molecule has 6 nitrogen and oxygen atoms in total. The number of carbonyl (C=O) groups is 1. The molecule has 3 aromatic rings. The van der Waals surface area contributed by atoms with Crippen LogP contribution in [-0.4, -0.2) is 18.2 Å². The van der Waals surface area contributed by atoms with Gasteiger partial charge >= 0.3 is 0 Å². The number of aryl methyl sites for hydroxylation is 3. The van der Waals surface area contributed by atoms with E-state index in [1.54, 1.807) is 31.4 Å². The van der Waals surface area contributed by atoms with Crippen molar-refractivity contribution >= 4 is 11.6 Å². The molecule has 0 fully saturated rings. The van der Waals surface area contributed by atoms with E-state index in [-0.39, 0.29) is 5.91 Å². The molecule has 0 saturated carbocycles. The Hall–Kier alpha value is -3.28. The second kappa shape index (κ2) is 7.95. The highest BCUT2D eigenvalue weighted by atomic mass is 16.5. The van der Waals surface area contributed by atoms with Crippen molar-refractivity contribution in [1.82, 2.24) is 5.16 Å². The molecule has 0 unspecified atom stereocenters. The highest BCUT2D eigenvalue weighted by Crippen LogP contribution is 2.28. The standard InChI is InChI=1S/C21H22N2O4/c1-13-6-5-7-19(20(13)25-4)22-21(24)16-8-10-17(11-9-16)26-12-18-14(2)23-27-15(18)3/h5-11H,12H2,1-4H3,(H,22,24). The molecule has 0 spiro atoms. The lowest BCUT2D eigenvalue weighted by Gasteiger charge is -2.12. The van der Waals surface area contributed by atoms with Gasteiger partial charge in [0.05, 0.1) is 24.1 Å². The minimum absolute atomic E-state index is 0.212. The molecular weight excluding hydrogens is 344 g/mol. The number of nitrogens with one attached hydrogen (secondary N) is 1. The molecule has 0 radical (unpaired) electrons. The van der Waals surface area contributed by atoms with Crippen molar-refractivity contribution in [3.8, 4) is 11.5 Å². The van der Waals surface area contributed by atoms with E-state index in [2.05, 4.69) is 10.5 Å². The Labute approximate surface area is 158 Å². The van der Waals surface area contributed by atoms with Gasteiger partial charge < -0.3 is 19.3 Å². The average molecular weight is 366 g/mol. The average Bonchev–Trinajstić information content (AvgIpc) is 2.98. The van der Waals surface area contributed by atoms with Gasteiger partial charge in [0.15, 0.2) is 0 Å². The first kappa shape index (κ1) is 18.5. The zero-order chi connectivity index (χ0) is 19.4. The third kappa shape index (κ3) is 4.11. The number of benzene rings is 2. The number of carbonyl (C=O) groups excluding carboxylic acids is 1. The molecule has 0 atom stereocenters. The maximum Gasteiger partial charge on any atom is 0.255 e. The highest BCUT2D eigenvalue weighted by molar-refractivity contribution is 6.05.